The Morgan fingerprint density at radius 2 is 1.86 bits per heavy atom. The molecule has 1 aromatic rings. The molecular formula is C13H17N. The molecule has 1 aliphatic heterocycles. The fourth-order valence-corrected chi connectivity index (χ4v) is 1.91. The van der Waals surface area contributed by atoms with Gasteiger partial charge in [-0.05, 0) is 25.0 Å². The molecule has 1 heterocycles. The Morgan fingerprint density at radius 3 is 2.50 bits per heavy atom. The standard InChI is InChI=1S/C13H17N/c1-11-5-6-13(12(2)9-11)10-14-7-3-4-8-14/h3-6,9H,7-8,10H2,1-2H3. The van der Waals surface area contributed by atoms with Crippen LogP contribution in [0.2, 0.25) is 0 Å². The van der Waals surface area contributed by atoms with Crippen molar-refractivity contribution in [3.63, 3.8) is 0 Å². The minimum absolute atomic E-state index is 1.08. The summed E-state index contributed by atoms with van der Waals surface area (Å²) in [4.78, 5) is 2.44. The zero-order valence-electron chi connectivity index (χ0n) is 8.96. The minimum Gasteiger partial charge on any atom is -0.292 e. The van der Waals surface area contributed by atoms with Crippen molar-refractivity contribution in [2.24, 2.45) is 0 Å². The van der Waals surface area contributed by atoms with Crippen molar-refractivity contribution >= 4 is 0 Å². The Morgan fingerprint density at radius 1 is 1.14 bits per heavy atom. The maximum Gasteiger partial charge on any atom is 0.0242 e. The summed E-state index contributed by atoms with van der Waals surface area (Å²) in [5.74, 6) is 0. The van der Waals surface area contributed by atoms with Gasteiger partial charge in [-0.1, -0.05) is 35.9 Å². The van der Waals surface area contributed by atoms with Gasteiger partial charge in [-0.15, -0.1) is 0 Å². The van der Waals surface area contributed by atoms with Gasteiger partial charge < -0.3 is 0 Å². The maximum absolute atomic E-state index is 2.44. The molecule has 0 bridgehead atoms. The van der Waals surface area contributed by atoms with Gasteiger partial charge in [-0.3, -0.25) is 4.90 Å². The molecule has 0 saturated heterocycles. The second kappa shape index (κ2) is 3.97. The van der Waals surface area contributed by atoms with Gasteiger partial charge >= 0.3 is 0 Å². The van der Waals surface area contributed by atoms with E-state index in [1.807, 2.05) is 0 Å². The molecule has 14 heavy (non-hydrogen) atoms. The highest BCUT2D eigenvalue weighted by Gasteiger charge is 2.08. The third-order valence-electron chi connectivity index (χ3n) is 2.79. The molecule has 0 aromatic heterocycles. The highest BCUT2D eigenvalue weighted by Crippen LogP contribution is 2.14. The summed E-state index contributed by atoms with van der Waals surface area (Å²) in [5, 5.41) is 0. The van der Waals surface area contributed by atoms with Gasteiger partial charge in [-0.25, -0.2) is 0 Å². The van der Waals surface area contributed by atoms with Crippen LogP contribution in [-0.2, 0) is 6.54 Å². The largest absolute Gasteiger partial charge is 0.292 e. The number of nitrogens with zero attached hydrogens (tertiary/aromatic N) is 1. The molecule has 0 atom stereocenters. The molecule has 74 valence electrons. The smallest absolute Gasteiger partial charge is 0.0242 e. The molecule has 1 aromatic carbocycles. The number of aryl methyl sites for hydroxylation is 2. The van der Waals surface area contributed by atoms with E-state index in [0.29, 0.717) is 0 Å². The van der Waals surface area contributed by atoms with Crippen LogP contribution in [0.5, 0.6) is 0 Å². The van der Waals surface area contributed by atoms with E-state index in [1.54, 1.807) is 0 Å². The Hall–Kier alpha value is -1.08. The Balaban J connectivity index is 2.08. The van der Waals surface area contributed by atoms with Crippen LogP contribution >= 0.6 is 0 Å². The zero-order valence-corrected chi connectivity index (χ0v) is 8.96. The van der Waals surface area contributed by atoms with Crippen molar-refractivity contribution < 1.29 is 0 Å². The predicted octanol–water partition coefficient (Wildman–Crippen LogP) is 2.68. The summed E-state index contributed by atoms with van der Waals surface area (Å²) in [6.07, 6.45) is 4.48. The van der Waals surface area contributed by atoms with E-state index in [-0.39, 0.29) is 0 Å². The van der Waals surface area contributed by atoms with E-state index in [9.17, 15) is 0 Å². The van der Waals surface area contributed by atoms with Crippen molar-refractivity contribution in [3.8, 4) is 0 Å². The van der Waals surface area contributed by atoms with Crippen LogP contribution in [0.4, 0.5) is 0 Å². The van der Waals surface area contributed by atoms with Gasteiger partial charge in [0.05, 0.1) is 0 Å². The third kappa shape index (κ3) is 2.05. The predicted molar refractivity (Wildman–Crippen MR) is 60.3 cm³/mol. The highest BCUT2D eigenvalue weighted by molar-refractivity contribution is 5.30. The number of hydrogen-bond acceptors (Lipinski definition) is 1. The number of benzene rings is 1. The molecule has 0 amide bonds. The normalized spacial score (nSPS) is 16.4. The van der Waals surface area contributed by atoms with Crippen LogP contribution in [0.3, 0.4) is 0 Å². The van der Waals surface area contributed by atoms with Gasteiger partial charge in [0.1, 0.15) is 0 Å². The molecule has 1 aliphatic rings. The molecule has 0 spiro atoms. The van der Waals surface area contributed by atoms with Crippen LogP contribution in [0.1, 0.15) is 16.7 Å². The monoisotopic (exact) mass is 187 g/mol. The second-order valence-corrected chi connectivity index (χ2v) is 4.10. The third-order valence-corrected chi connectivity index (χ3v) is 2.79. The van der Waals surface area contributed by atoms with E-state index >= 15 is 0 Å². The van der Waals surface area contributed by atoms with Gasteiger partial charge in [-0.2, -0.15) is 0 Å². The SMILES string of the molecule is Cc1ccc(CN2CC=CC2)c(C)c1. The van der Waals surface area contributed by atoms with Crippen LogP contribution in [0.25, 0.3) is 0 Å². The minimum atomic E-state index is 1.08. The molecule has 0 aliphatic carbocycles. The summed E-state index contributed by atoms with van der Waals surface area (Å²) in [7, 11) is 0. The lowest BCUT2D eigenvalue weighted by Crippen LogP contribution is -2.19. The summed E-state index contributed by atoms with van der Waals surface area (Å²) >= 11 is 0. The molecule has 0 unspecified atom stereocenters. The lowest BCUT2D eigenvalue weighted by Gasteiger charge is -2.16. The molecule has 1 heteroatoms. The molecule has 0 fully saturated rings. The van der Waals surface area contributed by atoms with E-state index in [2.05, 4.69) is 49.1 Å². The van der Waals surface area contributed by atoms with Crippen LogP contribution in [-0.4, -0.2) is 18.0 Å². The fraction of sp³-hybridized carbons (Fsp3) is 0.385. The molecule has 0 N–H and O–H groups in total. The summed E-state index contributed by atoms with van der Waals surface area (Å²) in [6, 6.07) is 6.72. The topological polar surface area (TPSA) is 3.24 Å². The summed E-state index contributed by atoms with van der Waals surface area (Å²) in [6.45, 7) is 7.64. The van der Waals surface area contributed by atoms with Crippen molar-refractivity contribution in [1.82, 2.24) is 4.90 Å². The molecule has 0 radical (unpaired) electrons. The fourth-order valence-electron chi connectivity index (χ4n) is 1.91. The van der Waals surface area contributed by atoms with Gasteiger partial charge in [0, 0.05) is 19.6 Å². The Labute approximate surface area is 86.1 Å². The van der Waals surface area contributed by atoms with Crippen molar-refractivity contribution in [3.05, 3.63) is 47.0 Å². The molecule has 1 nitrogen and oxygen atoms in total. The Bertz CT molecular complexity index is 344. The van der Waals surface area contributed by atoms with Gasteiger partial charge in [0.2, 0.25) is 0 Å². The van der Waals surface area contributed by atoms with Gasteiger partial charge in [0.25, 0.3) is 0 Å². The first-order chi connectivity index (χ1) is 6.75. The highest BCUT2D eigenvalue weighted by atomic mass is 15.1. The first-order valence-electron chi connectivity index (χ1n) is 5.19. The lowest BCUT2D eigenvalue weighted by atomic mass is 10.1. The molecular weight excluding hydrogens is 170 g/mol. The second-order valence-electron chi connectivity index (χ2n) is 4.10. The van der Waals surface area contributed by atoms with Crippen molar-refractivity contribution in [1.29, 1.82) is 0 Å². The number of hydrogen-bond donors (Lipinski definition) is 0. The Kier molecular flexibility index (Phi) is 2.69. The molecule has 0 saturated carbocycles. The van der Waals surface area contributed by atoms with E-state index in [4.69, 9.17) is 0 Å². The average Bonchev–Trinajstić information content (AvgIpc) is 2.62. The zero-order chi connectivity index (χ0) is 9.97. The lowest BCUT2D eigenvalue weighted by molar-refractivity contribution is 0.344. The van der Waals surface area contributed by atoms with Crippen LogP contribution in [0, 0.1) is 13.8 Å². The summed E-state index contributed by atoms with van der Waals surface area (Å²) < 4.78 is 0. The first kappa shape index (κ1) is 9.47. The van der Waals surface area contributed by atoms with Crippen molar-refractivity contribution in [2.45, 2.75) is 20.4 Å². The van der Waals surface area contributed by atoms with Crippen LogP contribution < -0.4 is 0 Å². The first-order valence-corrected chi connectivity index (χ1v) is 5.19. The maximum atomic E-state index is 2.44. The van der Waals surface area contributed by atoms with E-state index in [1.165, 1.54) is 16.7 Å². The quantitative estimate of drug-likeness (QED) is 0.643. The average molecular weight is 187 g/mol. The molecule has 2 rings (SSSR count). The van der Waals surface area contributed by atoms with Crippen LogP contribution in [0.15, 0.2) is 30.4 Å². The van der Waals surface area contributed by atoms with E-state index in [0.717, 1.165) is 19.6 Å². The number of rotatable bonds is 2. The van der Waals surface area contributed by atoms with E-state index < -0.39 is 0 Å². The summed E-state index contributed by atoms with van der Waals surface area (Å²) in [5.41, 5.74) is 4.22. The van der Waals surface area contributed by atoms with Crippen molar-refractivity contribution in [2.75, 3.05) is 13.1 Å². The van der Waals surface area contributed by atoms with Gasteiger partial charge in [0.15, 0.2) is 0 Å².